The highest BCUT2D eigenvalue weighted by molar-refractivity contribution is 5.66. The fourth-order valence-corrected chi connectivity index (χ4v) is 2.56. The Labute approximate surface area is 159 Å². The maximum absolute atomic E-state index is 10.4. The van der Waals surface area contributed by atoms with E-state index in [1.165, 1.54) is 0 Å². The van der Waals surface area contributed by atoms with Gasteiger partial charge in [0, 0.05) is 6.42 Å². The lowest BCUT2D eigenvalue weighted by Gasteiger charge is -2.15. The first-order chi connectivity index (χ1) is 12.6. The second-order valence-corrected chi connectivity index (χ2v) is 6.74. The van der Waals surface area contributed by atoms with Gasteiger partial charge in [0.1, 0.15) is 0 Å². The number of carbonyl (C=O) groups is 1. The number of aliphatic hydroxyl groups is 2. The Hall–Kier alpha value is -1.39. The van der Waals surface area contributed by atoms with Crippen molar-refractivity contribution in [2.24, 2.45) is 0 Å². The first-order valence-corrected chi connectivity index (χ1v) is 10.1. The SMILES string of the molecule is CCCCCC(O)C(O)C/C=C\C/C=C\C/C=C\CCCCCC(=O)O. The molecule has 0 saturated carbocycles. The average molecular weight is 367 g/mol. The number of rotatable bonds is 17. The molecule has 26 heavy (non-hydrogen) atoms. The van der Waals surface area contributed by atoms with Gasteiger partial charge in [0.25, 0.3) is 0 Å². The van der Waals surface area contributed by atoms with Crippen LogP contribution >= 0.6 is 0 Å². The van der Waals surface area contributed by atoms with E-state index < -0.39 is 18.2 Å². The molecule has 3 N–H and O–H groups in total. The zero-order valence-corrected chi connectivity index (χ0v) is 16.4. The van der Waals surface area contributed by atoms with Gasteiger partial charge in [-0.3, -0.25) is 4.79 Å². The lowest BCUT2D eigenvalue weighted by atomic mass is 10.0. The van der Waals surface area contributed by atoms with Crippen LogP contribution in [0.4, 0.5) is 0 Å². The third-order valence-electron chi connectivity index (χ3n) is 4.23. The molecule has 0 aromatic carbocycles. The molecule has 0 aliphatic rings. The lowest BCUT2D eigenvalue weighted by Crippen LogP contribution is -2.25. The van der Waals surface area contributed by atoms with E-state index in [2.05, 4.69) is 31.2 Å². The van der Waals surface area contributed by atoms with Crippen LogP contribution in [-0.4, -0.2) is 33.5 Å². The highest BCUT2D eigenvalue weighted by atomic mass is 16.4. The van der Waals surface area contributed by atoms with E-state index in [1.54, 1.807) is 0 Å². The lowest BCUT2D eigenvalue weighted by molar-refractivity contribution is -0.137. The molecular weight excluding hydrogens is 328 g/mol. The molecule has 0 aliphatic heterocycles. The first-order valence-electron chi connectivity index (χ1n) is 10.1. The van der Waals surface area contributed by atoms with Gasteiger partial charge in [0.05, 0.1) is 12.2 Å². The van der Waals surface area contributed by atoms with E-state index in [-0.39, 0.29) is 6.42 Å². The summed E-state index contributed by atoms with van der Waals surface area (Å²) in [6.07, 6.45) is 21.3. The summed E-state index contributed by atoms with van der Waals surface area (Å²) in [5.74, 6) is -0.711. The maximum atomic E-state index is 10.4. The fraction of sp³-hybridized carbons (Fsp3) is 0.682. The van der Waals surface area contributed by atoms with Gasteiger partial charge < -0.3 is 15.3 Å². The van der Waals surface area contributed by atoms with E-state index in [0.717, 1.165) is 57.8 Å². The molecule has 0 aromatic rings. The topological polar surface area (TPSA) is 77.8 Å². The Morgan fingerprint density at radius 1 is 0.808 bits per heavy atom. The third kappa shape index (κ3) is 17.4. The van der Waals surface area contributed by atoms with Crippen molar-refractivity contribution in [2.75, 3.05) is 0 Å². The number of carboxylic acid groups (broad SMARTS) is 1. The van der Waals surface area contributed by atoms with Gasteiger partial charge in [-0.1, -0.05) is 69.1 Å². The monoisotopic (exact) mass is 366 g/mol. The van der Waals surface area contributed by atoms with Crippen molar-refractivity contribution in [1.29, 1.82) is 0 Å². The Morgan fingerprint density at radius 2 is 1.46 bits per heavy atom. The zero-order valence-electron chi connectivity index (χ0n) is 16.4. The van der Waals surface area contributed by atoms with Gasteiger partial charge in [0.15, 0.2) is 0 Å². The summed E-state index contributed by atoms with van der Waals surface area (Å²) in [5, 5.41) is 28.2. The second kappa shape index (κ2) is 18.4. The fourth-order valence-electron chi connectivity index (χ4n) is 2.56. The molecule has 0 spiro atoms. The van der Waals surface area contributed by atoms with Crippen LogP contribution in [0, 0.1) is 0 Å². The molecule has 0 amide bonds. The Kier molecular flexibility index (Phi) is 17.4. The number of aliphatic hydroxyl groups excluding tert-OH is 2. The van der Waals surface area contributed by atoms with E-state index >= 15 is 0 Å². The summed E-state index contributed by atoms with van der Waals surface area (Å²) in [6.45, 7) is 2.13. The number of carboxylic acids is 1. The maximum Gasteiger partial charge on any atom is 0.303 e. The zero-order chi connectivity index (χ0) is 19.5. The molecule has 2 atom stereocenters. The summed E-state index contributed by atoms with van der Waals surface area (Å²) >= 11 is 0. The van der Waals surface area contributed by atoms with Crippen LogP contribution in [0.2, 0.25) is 0 Å². The molecule has 4 heteroatoms. The molecule has 0 fully saturated rings. The van der Waals surface area contributed by atoms with Crippen molar-refractivity contribution in [3.8, 4) is 0 Å². The van der Waals surface area contributed by atoms with Crippen molar-refractivity contribution >= 4 is 5.97 Å². The predicted octanol–water partition coefficient (Wildman–Crippen LogP) is 5.16. The molecule has 0 aromatic heterocycles. The standard InChI is InChI=1S/C22H38O4/c1-2-3-14-17-20(23)21(24)18-15-12-10-8-6-4-5-7-9-11-13-16-19-22(25)26/h5-8,12,15,20-21,23-24H,2-4,9-11,13-14,16-19H2,1H3,(H,25,26)/b7-5-,8-6-,15-12-. The van der Waals surface area contributed by atoms with E-state index in [4.69, 9.17) is 5.11 Å². The quantitative estimate of drug-likeness (QED) is 0.245. The summed E-state index contributed by atoms with van der Waals surface area (Å²) in [6, 6.07) is 0. The largest absolute Gasteiger partial charge is 0.481 e. The van der Waals surface area contributed by atoms with E-state index in [0.29, 0.717) is 12.8 Å². The summed E-state index contributed by atoms with van der Waals surface area (Å²) in [4.78, 5) is 10.4. The summed E-state index contributed by atoms with van der Waals surface area (Å²) < 4.78 is 0. The molecule has 2 unspecified atom stereocenters. The van der Waals surface area contributed by atoms with Crippen molar-refractivity contribution in [3.63, 3.8) is 0 Å². The van der Waals surface area contributed by atoms with Gasteiger partial charge in [-0.15, -0.1) is 0 Å². The molecule has 0 saturated heterocycles. The van der Waals surface area contributed by atoms with Gasteiger partial charge in [-0.05, 0) is 44.9 Å². The van der Waals surface area contributed by atoms with Gasteiger partial charge in [-0.25, -0.2) is 0 Å². The van der Waals surface area contributed by atoms with Gasteiger partial charge in [0.2, 0.25) is 0 Å². The van der Waals surface area contributed by atoms with Crippen molar-refractivity contribution in [3.05, 3.63) is 36.5 Å². The summed E-state index contributed by atoms with van der Waals surface area (Å²) in [5.41, 5.74) is 0. The number of unbranched alkanes of at least 4 members (excludes halogenated alkanes) is 5. The van der Waals surface area contributed by atoms with Crippen molar-refractivity contribution in [1.82, 2.24) is 0 Å². The van der Waals surface area contributed by atoms with Crippen molar-refractivity contribution in [2.45, 2.75) is 96.2 Å². The van der Waals surface area contributed by atoms with Crippen molar-refractivity contribution < 1.29 is 20.1 Å². The first kappa shape index (κ1) is 24.6. The predicted molar refractivity (Wildman–Crippen MR) is 108 cm³/mol. The molecule has 4 nitrogen and oxygen atoms in total. The van der Waals surface area contributed by atoms with Gasteiger partial charge >= 0.3 is 5.97 Å². The normalized spacial score (nSPS) is 14.6. The Morgan fingerprint density at radius 3 is 2.12 bits per heavy atom. The number of aliphatic carboxylic acids is 1. The van der Waals surface area contributed by atoms with E-state index in [1.807, 2.05) is 12.2 Å². The Balaban J connectivity index is 3.57. The van der Waals surface area contributed by atoms with Crippen LogP contribution in [0.1, 0.15) is 84.0 Å². The highest BCUT2D eigenvalue weighted by Gasteiger charge is 2.13. The van der Waals surface area contributed by atoms with Crippen LogP contribution in [0.25, 0.3) is 0 Å². The van der Waals surface area contributed by atoms with E-state index in [9.17, 15) is 15.0 Å². The van der Waals surface area contributed by atoms with Gasteiger partial charge in [-0.2, -0.15) is 0 Å². The van der Waals surface area contributed by atoms with Crippen LogP contribution in [-0.2, 0) is 4.79 Å². The highest BCUT2D eigenvalue weighted by Crippen LogP contribution is 2.10. The number of allylic oxidation sites excluding steroid dienone is 5. The average Bonchev–Trinajstić information content (AvgIpc) is 2.61. The minimum atomic E-state index is -0.711. The molecule has 0 radical (unpaired) electrons. The van der Waals surface area contributed by atoms with Crippen LogP contribution in [0.5, 0.6) is 0 Å². The smallest absolute Gasteiger partial charge is 0.303 e. The molecule has 0 aliphatic carbocycles. The van der Waals surface area contributed by atoms with Crippen LogP contribution in [0.15, 0.2) is 36.5 Å². The van der Waals surface area contributed by atoms with Crippen LogP contribution in [0.3, 0.4) is 0 Å². The molecule has 0 rings (SSSR count). The minimum absolute atomic E-state index is 0.273. The third-order valence-corrected chi connectivity index (χ3v) is 4.23. The number of hydrogen-bond donors (Lipinski definition) is 3. The number of hydrogen-bond acceptors (Lipinski definition) is 3. The molecule has 0 bridgehead atoms. The second-order valence-electron chi connectivity index (χ2n) is 6.74. The summed E-state index contributed by atoms with van der Waals surface area (Å²) in [7, 11) is 0. The molecular formula is C22H38O4. The molecule has 150 valence electrons. The van der Waals surface area contributed by atoms with Crippen LogP contribution < -0.4 is 0 Å². The minimum Gasteiger partial charge on any atom is -0.481 e. The Bertz CT molecular complexity index is 412. The molecule has 0 heterocycles.